The van der Waals surface area contributed by atoms with Gasteiger partial charge in [0.1, 0.15) is 5.75 Å². The summed E-state index contributed by atoms with van der Waals surface area (Å²) in [5, 5.41) is 2.95. The van der Waals surface area contributed by atoms with Crippen molar-refractivity contribution in [2.75, 3.05) is 19.1 Å². The fraction of sp³-hybridized carbons (Fsp3) is 0.154. The highest BCUT2D eigenvalue weighted by atomic mass is 32.2. The van der Waals surface area contributed by atoms with Gasteiger partial charge in [0.25, 0.3) is 11.8 Å². The topological polar surface area (TPSA) is 58.6 Å². The van der Waals surface area contributed by atoms with Gasteiger partial charge in [-0.15, -0.1) is 0 Å². The summed E-state index contributed by atoms with van der Waals surface area (Å²) in [6.07, 6.45) is 1.86. The van der Waals surface area contributed by atoms with Crippen LogP contribution < -0.4 is 15.0 Å². The summed E-state index contributed by atoms with van der Waals surface area (Å²) >= 11 is 1.41. The highest BCUT2D eigenvalue weighted by molar-refractivity contribution is 8.04. The third-order valence-electron chi connectivity index (χ3n) is 5.28. The number of fused-ring (bicyclic) bond motifs is 1. The quantitative estimate of drug-likeness (QED) is 0.560. The van der Waals surface area contributed by atoms with E-state index >= 15 is 0 Å². The lowest BCUT2D eigenvalue weighted by Gasteiger charge is -2.27. The number of benzene rings is 3. The van der Waals surface area contributed by atoms with Crippen LogP contribution in [0.2, 0.25) is 0 Å². The van der Waals surface area contributed by atoms with Crippen molar-refractivity contribution in [3.63, 3.8) is 0 Å². The number of thioether (sulfide) groups is 1. The Morgan fingerprint density at radius 2 is 1.88 bits per heavy atom. The number of amides is 2. The molecule has 0 aliphatic carbocycles. The number of hydrogen-bond donors (Lipinski definition) is 1. The number of carbonyl (C=O) groups is 2. The molecule has 1 aliphatic heterocycles. The highest BCUT2D eigenvalue weighted by Gasteiger charge is 2.27. The van der Waals surface area contributed by atoms with Crippen LogP contribution in [0.15, 0.2) is 76.5 Å². The predicted molar refractivity (Wildman–Crippen MR) is 129 cm³/mol. The molecule has 1 N–H and O–H groups in total. The maximum Gasteiger partial charge on any atom is 0.264 e. The number of hydrogen-bond acceptors (Lipinski definition) is 4. The van der Waals surface area contributed by atoms with E-state index in [1.807, 2.05) is 67.6 Å². The van der Waals surface area contributed by atoms with Crippen molar-refractivity contribution in [2.45, 2.75) is 18.4 Å². The second kappa shape index (κ2) is 9.32. The van der Waals surface area contributed by atoms with Crippen molar-refractivity contribution < 1.29 is 14.3 Å². The fourth-order valence-electron chi connectivity index (χ4n) is 3.41. The number of nitrogens with one attached hydrogen (secondary N) is 1. The minimum Gasteiger partial charge on any atom is -0.497 e. The summed E-state index contributed by atoms with van der Waals surface area (Å²) in [5.41, 5.74) is 4.36. The van der Waals surface area contributed by atoms with Crippen LogP contribution in [0.25, 0.3) is 6.08 Å². The van der Waals surface area contributed by atoms with Crippen LogP contribution in [0.1, 0.15) is 27.0 Å². The zero-order valence-corrected chi connectivity index (χ0v) is 19.0. The molecule has 4 rings (SSSR count). The number of anilines is 1. The van der Waals surface area contributed by atoms with E-state index in [4.69, 9.17) is 4.74 Å². The lowest BCUT2D eigenvalue weighted by Crippen LogP contribution is -2.31. The Morgan fingerprint density at radius 1 is 1.09 bits per heavy atom. The summed E-state index contributed by atoms with van der Waals surface area (Å²) in [6.45, 7) is 2.48. The summed E-state index contributed by atoms with van der Waals surface area (Å²) in [6, 6.07) is 21.1. The van der Waals surface area contributed by atoms with Crippen LogP contribution in [0.3, 0.4) is 0 Å². The molecule has 0 atom stereocenters. The molecule has 5 nitrogen and oxygen atoms in total. The molecular weight excluding hydrogens is 420 g/mol. The Hall–Kier alpha value is -3.51. The Kier molecular flexibility index (Phi) is 6.32. The van der Waals surface area contributed by atoms with E-state index in [-0.39, 0.29) is 11.8 Å². The molecule has 0 spiro atoms. The molecular formula is C26H24N2O3S. The number of ether oxygens (including phenoxy) is 1. The molecule has 0 unspecified atom stereocenters. The van der Waals surface area contributed by atoms with E-state index in [2.05, 4.69) is 5.32 Å². The van der Waals surface area contributed by atoms with Gasteiger partial charge in [0, 0.05) is 24.1 Å². The van der Waals surface area contributed by atoms with Crippen LogP contribution in [-0.2, 0) is 11.3 Å². The van der Waals surface area contributed by atoms with Gasteiger partial charge in [-0.25, -0.2) is 0 Å². The highest BCUT2D eigenvalue weighted by Crippen LogP contribution is 2.42. The maximum atomic E-state index is 13.0. The fourth-order valence-corrected chi connectivity index (χ4v) is 4.50. The number of rotatable bonds is 5. The molecule has 32 heavy (non-hydrogen) atoms. The molecule has 162 valence electrons. The van der Waals surface area contributed by atoms with Crippen molar-refractivity contribution in [2.24, 2.45) is 0 Å². The Labute approximate surface area is 192 Å². The number of carbonyl (C=O) groups excluding carboxylic acids is 2. The Bertz CT molecular complexity index is 1200. The average Bonchev–Trinajstić information content (AvgIpc) is 2.81. The zero-order chi connectivity index (χ0) is 22.7. The monoisotopic (exact) mass is 444 g/mol. The smallest absolute Gasteiger partial charge is 0.264 e. The standard InChI is InChI=1S/C26H24N2O3S/c1-17-7-9-18(10-8-17)16-27-25(29)20-11-12-23-22(15-20)28(2)26(30)24(32-23)14-19-5-4-6-21(13-19)31-3/h4-15H,16H2,1-3H3,(H,27,29)/b24-14-. The van der Waals surface area contributed by atoms with Gasteiger partial charge in [-0.2, -0.15) is 0 Å². The van der Waals surface area contributed by atoms with Crippen molar-refractivity contribution in [3.8, 4) is 5.75 Å². The first-order chi connectivity index (χ1) is 15.4. The van der Waals surface area contributed by atoms with Crippen LogP contribution in [0, 0.1) is 6.92 Å². The first-order valence-electron chi connectivity index (χ1n) is 10.2. The van der Waals surface area contributed by atoms with Crippen molar-refractivity contribution in [3.05, 3.63) is 93.9 Å². The van der Waals surface area contributed by atoms with Crippen molar-refractivity contribution >= 4 is 35.3 Å². The second-order valence-electron chi connectivity index (χ2n) is 7.60. The van der Waals surface area contributed by atoms with Crippen LogP contribution in [-0.4, -0.2) is 26.0 Å². The van der Waals surface area contributed by atoms with Crippen LogP contribution >= 0.6 is 11.8 Å². The van der Waals surface area contributed by atoms with Gasteiger partial charge in [0.15, 0.2) is 0 Å². The lowest BCUT2D eigenvalue weighted by molar-refractivity contribution is -0.114. The van der Waals surface area contributed by atoms with E-state index in [9.17, 15) is 9.59 Å². The first kappa shape index (κ1) is 21.7. The molecule has 0 radical (unpaired) electrons. The third kappa shape index (κ3) is 4.70. The number of methoxy groups -OCH3 is 1. The summed E-state index contributed by atoms with van der Waals surface area (Å²) in [5.74, 6) is 0.460. The first-order valence-corrected chi connectivity index (χ1v) is 11.1. The normalized spacial score (nSPS) is 14.3. The molecule has 0 fully saturated rings. The molecule has 3 aromatic rings. The van der Waals surface area contributed by atoms with E-state index in [0.29, 0.717) is 17.0 Å². The minimum atomic E-state index is -0.169. The summed E-state index contributed by atoms with van der Waals surface area (Å²) < 4.78 is 5.27. The van der Waals surface area contributed by atoms with E-state index in [0.717, 1.165) is 27.5 Å². The number of nitrogens with zero attached hydrogens (tertiary/aromatic N) is 1. The van der Waals surface area contributed by atoms with E-state index in [1.54, 1.807) is 31.2 Å². The van der Waals surface area contributed by atoms with Crippen LogP contribution in [0.5, 0.6) is 5.75 Å². The molecule has 1 heterocycles. The van der Waals surface area contributed by atoms with Gasteiger partial charge in [-0.05, 0) is 54.5 Å². The molecule has 0 aromatic heterocycles. The van der Waals surface area contributed by atoms with E-state index in [1.165, 1.54) is 17.3 Å². The number of likely N-dealkylation sites (N-methyl/N-ethyl adjacent to an activating group) is 1. The largest absolute Gasteiger partial charge is 0.497 e. The predicted octanol–water partition coefficient (Wildman–Crippen LogP) is 5.04. The molecule has 6 heteroatoms. The Morgan fingerprint density at radius 3 is 2.62 bits per heavy atom. The van der Waals surface area contributed by atoms with Gasteiger partial charge in [-0.3, -0.25) is 9.59 Å². The van der Waals surface area contributed by atoms with Crippen LogP contribution in [0.4, 0.5) is 5.69 Å². The van der Waals surface area contributed by atoms with Gasteiger partial charge < -0.3 is 15.0 Å². The number of aryl methyl sites for hydroxylation is 1. The van der Waals surface area contributed by atoms with E-state index < -0.39 is 0 Å². The minimum absolute atomic E-state index is 0.109. The summed E-state index contributed by atoms with van der Waals surface area (Å²) in [4.78, 5) is 28.8. The van der Waals surface area contributed by atoms with Crippen molar-refractivity contribution in [1.29, 1.82) is 0 Å². The van der Waals surface area contributed by atoms with Gasteiger partial charge in [0.2, 0.25) is 0 Å². The SMILES string of the molecule is COc1cccc(/C=C2\Sc3ccc(C(=O)NCc4ccc(C)cc4)cc3N(C)C2=O)c1. The van der Waals surface area contributed by atoms with Gasteiger partial charge in [0.05, 0.1) is 17.7 Å². The molecule has 3 aromatic carbocycles. The average molecular weight is 445 g/mol. The molecule has 0 saturated heterocycles. The van der Waals surface area contributed by atoms with Gasteiger partial charge in [-0.1, -0.05) is 53.7 Å². The second-order valence-corrected chi connectivity index (χ2v) is 8.69. The third-order valence-corrected chi connectivity index (χ3v) is 6.36. The zero-order valence-electron chi connectivity index (χ0n) is 18.2. The molecule has 2 amide bonds. The molecule has 0 saturated carbocycles. The van der Waals surface area contributed by atoms with Crippen molar-refractivity contribution in [1.82, 2.24) is 5.32 Å². The lowest BCUT2D eigenvalue weighted by atomic mass is 10.1. The summed E-state index contributed by atoms with van der Waals surface area (Å²) in [7, 11) is 3.35. The van der Waals surface area contributed by atoms with Gasteiger partial charge >= 0.3 is 0 Å². The maximum absolute atomic E-state index is 13.0. The molecule has 1 aliphatic rings. The molecule has 0 bridgehead atoms. The Balaban J connectivity index is 1.52.